The summed E-state index contributed by atoms with van der Waals surface area (Å²) in [6.07, 6.45) is 4.48. The molecule has 5 nitrogen and oxygen atoms in total. The molecule has 102 valence electrons. The van der Waals surface area contributed by atoms with Gasteiger partial charge in [0.2, 0.25) is 10.0 Å². The molecule has 1 N–H and O–H groups in total. The van der Waals surface area contributed by atoms with Gasteiger partial charge in [0.05, 0.1) is 11.5 Å². The molecule has 1 fully saturated rings. The maximum atomic E-state index is 11.7. The van der Waals surface area contributed by atoms with Gasteiger partial charge in [-0.3, -0.25) is 0 Å². The summed E-state index contributed by atoms with van der Waals surface area (Å²) in [6, 6.07) is -0.269. The first kappa shape index (κ1) is 15.2. The van der Waals surface area contributed by atoms with Gasteiger partial charge in [0.25, 0.3) is 0 Å². The van der Waals surface area contributed by atoms with Gasteiger partial charge in [0, 0.05) is 17.7 Å². The summed E-state index contributed by atoms with van der Waals surface area (Å²) in [6.45, 7) is 0. The van der Waals surface area contributed by atoms with Crippen LogP contribution in [0.25, 0.3) is 0 Å². The summed E-state index contributed by atoms with van der Waals surface area (Å²) in [5, 5.41) is -0.197. The van der Waals surface area contributed by atoms with E-state index in [0.29, 0.717) is 6.42 Å². The fraction of sp³-hybridized carbons (Fsp3) is 1.00. The van der Waals surface area contributed by atoms with E-state index in [1.807, 2.05) is 0 Å². The van der Waals surface area contributed by atoms with Crippen molar-refractivity contribution < 1.29 is 16.8 Å². The predicted molar refractivity (Wildman–Crippen MR) is 68.5 cm³/mol. The lowest BCUT2D eigenvalue weighted by Crippen LogP contribution is -2.44. The highest BCUT2D eigenvalue weighted by molar-refractivity contribution is 7.93. The topological polar surface area (TPSA) is 80.3 Å². The zero-order valence-electron chi connectivity index (χ0n) is 9.72. The minimum Gasteiger partial charge on any atom is -0.229 e. The standard InChI is InChI=1S/C9H18ClNO4S2/c1-16(12,13)6-7-17(14,15)11-9-5-3-2-4-8(9)10/h8-9,11H,2-7H2,1H3. The minimum absolute atomic E-state index is 0.197. The van der Waals surface area contributed by atoms with Crippen LogP contribution in [0.5, 0.6) is 0 Å². The molecule has 17 heavy (non-hydrogen) atoms. The van der Waals surface area contributed by atoms with Gasteiger partial charge in [0.15, 0.2) is 0 Å². The van der Waals surface area contributed by atoms with Crippen LogP contribution in [0.3, 0.4) is 0 Å². The average molecular weight is 304 g/mol. The molecule has 1 rings (SSSR count). The maximum Gasteiger partial charge on any atom is 0.212 e. The predicted octanol–water partition coefficient (Wildman–Crippen LogP) is 0.500. The van der Waals surface area contributed by atoms with Crippen LogP contribution >= 0.6 is 11.6 Å². The van der Waals surface area contributed by atoms with Gasteiger partial charge in [-0.1, -0.05) is 12.8 Å². The summed E-state index contributed by atoms with van der Waals surface area (Å²) in [5.74, 6) is -0.756. The first-order chi connectivity index (χ1) is 7.70. The van der Waals surface area contributed by atoms with Crippen molar-refractivity contribution in [3.05, 3.63) is 0 Å². The Morgan fingerprint density at radius 3 is 2.24 bits per heavy atom. The van der Waals surface area contributed by atoms with Crippen LogP contribution in [0.2, 0.25) is 0 Å². The molecule has 0 aromatic heterocycles. The monoisotopic (exact) mass is 303 g/mol. The van der Waals surface area contributed by atoms with Crippen LogP contribution in [0, 0.1) is 0 Å². The number of hydrogen-bond donors (Lipinski definition) is 1. The van der Waals surface area contributed by atoms with Gasteiger partial charge in [0.1, 0.15) is 9.84 Å². The van der Waals surface area contributed by atoms with E-state index in [-0.39, 0.29) is 17.2 Å². The van der Waals surface area contributed by atoms with E-state index in [4.69, 9.17) is 11.6 Å². The van der Waals surface area contributed by atoms with Crippen LogP contribution in [-0.4, -0.2) is 46.0 Å². The highest BCUT2D eigenvalue weighted by Gasteiger charge is 2.27. The Bertz CT molecular complexity index is 446. The summed E-state index contributed by atoms with van der Waals surface area (Å²) < 4.78 is 47.6. The zero-order valence-corrected chi connectivity index (χ0v) is 12.1. The van der Waals surface area contributed by atoms with Crippen molar-refractivity contribution in [1.29, 1.82) is 0 Å². The molecule has 0 saturated heterocycles. The summed E-state index contributed by atoms with van der Waals surface area (Å²) in [5.41, 5.74) is 0. The molecule has 1 aliphatic rings. The molecular weight excluding hydrogens is 286 g/mol. The number of nitrogens with one attached hydrogen (secondary N) is 1. The molecule has 0 heterocycles. The first-order valence-corrected chi connectivity index (χ1v) is 9.66. The van der Waals surface area contributed by atoms with E-state index < -0.39 is 25.6 Å². The summed E-state index contributed by atoms with van der Waals surface area (Å²) >= 11 is 6.03. The molecule has 0 aromatic carbocycles. The van der Waals surface area contributed by atoms with Gasteiger partial charge < -0.3 is 0 Å². The van der Waals surface area contributed by atoms with E-state index in [9.17, 15) is 16.8 Å². The van der Waals surface area contributed by atoms with Crippen molar-refractivity contribution in [2.45, 2.75) is 37.1 Å². The number of sulfonamides is 1. The molecule has 0 aliphatic heterocycles. The fourth-order valence-electron chi connectivity index (χ4n) is 1.77. The highest BCUT2D eigenvalue weighted by atomic mass is 35.5. The lowest BCUT2D eigenvalue weighted by atomic mass is 9.96. The number of rotatable bonds is 5. The van der Waals surface area contributed by atoms with E-state index in [1.165, 1.54) is 0 Å². The Hall–Kier alpha value is 0.150. The molecular formula is C9H18ClNO4S2. The highest BCUT2D eigenvalue weighted by Crippen LogP contribution is 2.23. The molecule has 2 unspecified atom stereocenters. The smallest absolute Gasteiger partial charge is 0.212 e. The Morgan fingerprint density at radius 1 is 1.12 bits per heavy atom. The van der Waals surface area contributed by atoms with Crippen LogP contribution < -0.4 is 4.72 Å². The van der Waals surface area contributed by atoms with Crippen LogP contribution in [0.15, 0.2) is 0 Å². The van der Waals surface area contributed by atoms with Gasteiger partial charge in [-0.05, 0) is 12.8 Å². The summed E-state index contributed by atoms with van der Waals surface area (Å²) in [4.78, 5) is 0. The van der Waals surface area contributed by atoms with Gasteiger partial charge >= 0.3 is 0 Å². The Labute approximate surface area is 108 Å². The Balaban J connectivity index is 2.54. The van der Waals surface area contributed by atoms with E-state index in [1.54, 1.807) is 0 Å². The molecule has 0 amide bonds. The van der Waals surface area contributed by atoms with Crippen LogP contribution in [-0.2, 0) is 19.9 Å². The average Bonchev–Trinajstić information content (AvgIpc) is 2.18. The maximum absolute atomic E-state index is 11.7. The second-order valence-corrected chi connectivity index (χ2v) is 9.17. The van der Waals surface area contributed by atoms with E-state index in [0.717, 1.165) is 25.5 Å². The lowest BCUT2D eigenvalue weighted by Gasteiger charge is -2.27. The zero-order chi connectivity index (χ0) is 13.1. The normalized spacial score (nSPS) is 26.9. The van der Waals surface area contributed by atoms with Gasteiger partial charge in [-0.25, -0.2) is 21.6 Å². The number of sulfone groups is 1. The number of halogens is 1. The second-order valence-electron chi connectivity index (χ2n) is 4.47. The number of alkyl halides is 1. The van der Waals surface area contributed by atoms with E-state index >= 15 is 0 Å². The molecule has 2 atom stereocenters. The van der Waals surface area contributed by atoms with Crippen LogP contribution in [0.4, 0.5) is 0 Å². The van der Waals surface area contributed by atoms with Crippen molar-refractivity contribution in [3.8, 4) is 0 Å². The minimum atomic E-state index is -3.56. The molecule has 0 bridgehead atoms. The molecule has 8 heteroatoms. The molecule has 0 radical (unpaired) electrons. The summed E-state index contributed by atoms with van der Waals surface area (Å²) in [7, 11) is -6.82. The van der Waals surface area contributed by atoms with Crippen molar-refractivity contribution in [1.82, 2.24) is 4.72 Å². The Kier molecular flexibility index (Phi) is 5.24. The first-order valence-electron chi connectivity index (χ1n) is 5.51. The third kappa shape index (κ3) is 6.03. The number of hydrogen-bond acceptors (Lipinski definition) is 4. The SMILES string of the molecule is CS(=O)(=O)CCS(=O)(=O)NC1CCCCC1Cl. The van der Waals surface area contributed by atoms with Crippen molar-refractivity contribution in [3.63, 3.8) is 0 Å². The quantitative estimate of drug-likeness (QED) is 0.750. The van der Waals surface area contributed by atoms with Gasteiger partial charge in [-0.2, -0.15) is 0 Å². The van der Waals surface area contributed by atoms with Crippen molar-refractivity contribution in [2.24, 2.45) is 0 Å². The lowest BCUT2D eigenvalue weighted by molar-refractivity contribution is 0.418. The molecule has 0 aromatic rings. The Morgan fingerprint density at radius 2 is 1.71 bits per heavy atom. The van der Waals surface area contributed by atoms with Crippen molar-refractivity contribution in [2.75, 3.05) is 17.8 Å². The third-order valence-electron chi connectivity index (χ3n) is 2.74. The third-order valence-corrected chi connectivity index (χ3v) is 5.87. The fourth-order valence-corrected chi connectivity index (χ4v) is 5.14. The molecule has 0 spiro atoms. The van der Waals surface area contributed by atoms with Gasteiger partial charge in [-0.15, -0.1) is 11.6 Å². The molecule has 1 aliphatic carbocycles. The second kappa shape index (κ2) is 5.86. The van der Waals surface area contributed by atoms with Crippen LogP contribution in [0.1, 0.15) is 25.7 Å². The van der Waals surface area contributed by atoms with E-state index in [2.05, 4.69) is 4.72 Å². The van der Waals surface area contributed by atoms with Crippen molar-refractivity contribution >= 4 is 31.5 Å². The largest absolute Gasteiger partial charge is 0.229 e. The molecule has 1 saturated carbocycles.